The summed E-state index contributed by atoms with van der Waals surface area (Å²) in [7, 11) is 0. The Bertz CT molecular complexity index is 231. The highest BCUT2D eigenvalue weighted by molar-refractivity contribution is 4.93. The third-order valence-electron chi connectivity index (χ3n) is 4.01. The predicted octanol–water partition coefficient (Wildman–Crippen LogP) is 0.819. The zero-order valence-corrected chi connectivity index (χ0v) is 9.91. The Morgan fingerprint density at radius 3 is 2.12 bits per heavy atom. The first kappa shape index (κ1) is 12.3. The van der Waals surface area contributed by atoms with Crippen molar-refractivity contribution in [2.45, 2.75) is 75.3 Å². The first-order chi connectivity index (χ1) is 7.52. The van der Waals surface area contributed by atoms with Crippen LogP contribution in [0.4, 0.5) is 0 Å². The molecule has 5 N–H and O–H groups in total. The third kappa shape index (κ3) is 2.94. The molecule has 0 unspecified atom stereocenters. The molecule has 0 heterocycles. The molecule has 4 nitrogen and oxygen atoms in total. The molecule has 94 valence electrons. The topological polar surface area (TPSA) is 78.5 Å². The molecule has 0 aromatic carbocycles. The molecule has 0 aromatic rings. The average Bonchev–Trinajstić information content (AvgIpc) is 2.23. The van der Waals surface area contributed by atoms with Gasteiger partial charge in [0.25, 0.3) is 0 Å². The molecule has 16 heavy (non-hydrogen) atoms. The molecule has 0 saturated heterocycles. The number of hydrogen-bond acceptors (Lipinski definition) is 4. The molecule has 0 atom stereocenters. The van der Waals surface area contributed by atoms with Gasteiger partial charge in [0.2, 0.25) is 0 Å². The smallest absolute Gasteiger partial charge is 0.117 e. The molecule has 2 aliphatic rings. The Morgan fingerprint density at radius 2 is 1.56 bits per heavy atom. The summed E-state index contributed by atoms with van der Waals surface area (Å²) in [6.45, 7) is 0. The van der Waals surface area contributed by atoms with E-state index in [4.69, 9.17) is 5.73 Å². The second-order valence-corrected chi connectivity index (χ2v) is 5.60. The zero-order valence-electron chi connectivity index (χ0n) is 9.91. The van der Waals surface area contributed by atoms with Crippen molar-refractivity contribution in [3.05, 3.63) is 0 Å². The maximum atomic E-state index is 10.4. The lowest BCUT2D eigenvalue weighted by molar-refractivity contribution is -0.0663. The van der Waals surface area contributed by atoms with Crippen molar-refractivity contribution in [1.29, 1.82) is 0 Å². The van der Waals surface area contributed by atoms with E-state index < -0.39 is 11.4 Å². The molecule has 0 amide bonds. The van der Waals surface area contributed by atoms with Crippen molar-refractivity contribution in [3.63, 3.8) is 0 Å². The van der Waals surface area contributed by atoms with Crippen LogP contribution >= 0.6 is 0 Å². The van der Waals surface area contributed by atoms with Crippen LogP contribution < -0.4 is 11.1 Å². The number of rotatable bonds is 2. The molecule has 0 aromatic heterocycles. The molecular formula is C12H24N2O2. The molecule has 2 aliphatic carbocycles. The number of hydrogen-bond donors (Lipinski definition) is 4. The minimum Gasteiger partial charge on any atom is -0.393 e. The van der Waals surface area contributed by atoms with E-state index in [9.17, 15) is 10.2 Å². The standard InChI is InChI=1S/C12H24N2O2/c13-11(8-4-10(15)5-9-11)14-12(16)6-2-1-3-7-12/h10,14-16H,1-9,13H2. The first-order valence-electron chi connectivity index (χ1n) is 6.50. The van der Waals surface area contributed by atoms with Crippen LogP contribution in [-0.2, 0) is 0 Å². The summed E-state index contributed by atoms with van der Waals surface area (Å²) in [4.78, 5) is 0. The lowest BCUT2D eigenvalue weighted by atomic mass is 9.84. The molecule has 0 radical (unpaired) electrons. The Kier molecular flexibility index (Phi) is 3.54. The van der Waals surface area contributed by atoms with Crippen LogP contribution in [0, 0.1) is 0 Å². The summed E-state index contributed by atoms with van der Waals surface area (Å²) < 4.78 is 0. The molecule has 4 heteroatoms. The largest absolute Gasteiger partial charge is 0.393 e. The second-order valence-electron chi connectivity index (χ2n) is 5.60. The monoisotopic (exact) mass is 228 g/mol. The van der Waals surface area contributed by atoms with Crippen molar-refractivity contribution in [2.24, 2.45) is 5.73 Å². The minimum atomic E-state index is -0.769. The van der Waals surface area contributed by atoms with E-state index in [1.807, 2.05) is 0 Å². The summed E-state index contributed by atoms with van der Waals surface area (Å²) in [6.07, 6.45) is 7.71. The number of aliphatic hydroxyl groups excluding tert-OH is 1. The van der Waals surface area contributed by atoms with E-state index in [2.05, 4.69) is 5.32 Å². The molecule has 2 rings (SSSR count). The predicted molar refractivity (Wildman–Crippen MR) is 62.6 cm³/mol. The molecular weight excluding hydrogens is 204 g/mol. The van der Waals surface area contributed by atoms with E-state index in [0.29, 0.717) is 0 Å². The Hall–Kier alpha value is -0.160. The van der Waals surface area contributed by atoms with Crippen LogP contribution in [0.25, 0.3) is 0 Å². The van der Waals surface area contributed by atoms with E-state index in [0.717, 1.165) is 51.4 Å². The summed E-state index contributed by atoms with van der Waals surface area (Å²) in [5.74, 6) is 0. The molecule has 0 spiro atoms. The van der Waals surface area contributed by atoms with E-state index in [1.54, 1.807) is 0 Å². The van der Waals surface area contributed by atoms with Crippen LogP contribution in [0.1, 0.15) is 57.8 Å². The van der Waals surface area contributed by atoms with Gasteiger partial charge in [0.05, 0.1) is 11.8 Å². The van der Waals surface area contributed by atoms with Crippen molar-refractivity contribution in [2.75, 3.05) is 0 Å². The number of nitrogens with two attached hydrogens (primary N) is 1. The van der Waals surface area contributed by atoms with E-state index in [1.165, 1.54) is 6.42 Å². The van der Waals surface area contributed by atoms with Gasteiger partial charge >= 0.3 is 0 Å². The summed E-state index contributed by atoms with van der Waals surface area (Å²) in [6, 6.07) is 0. The van der Waals surface area contributed by atoms with Gasteiger partial charge in [-0.15, -0.1) is 0 Å². The van der Waals surface area contributed by atoms with Crippen LogP contribution in [0.2, 0.25) is 0 Å². The SMILES string of the molecule is NC1(NC2(O)CCCCC2)CCC(O)CC1. The highest BCUT2D eigenvalue weighted by Crippen LogP contribution is 2.31. The summed E-state index contributed by atoms with van der Waals surface area (Å²) in [5, 5.41) is 23.1. The maximum absolute atomic E-state index is 10.4. The molecule has 0 aliphatic heterocycles. The Balaban J connectivity index is 1.92. The first-order valence-corrected chi connectivity index (χ1v) is 6.50. The number of aliphatic hydroxyl groups is 2. The fourth-order valence-electron chi connectivity index (χ4n) is 2.97. The fraction of sp³-hybridized carbons (Fsp3) is 1.00. The fourth-order valence-corrected chi connectivity index (χ4v) is 2.97. The van der Waals surface area contributed by atoms with Crippen molar-refractivity contribution in [3.8, 4) is 0 Å². The van der Waals surface area contributed by atoms with Crippen LogP contribution in [-0.4, -0.2) is 27.7 Å². The Labute approximate surface area is 97.2 Å². The zero-order chi connectivity index (χ0) is 11.6. The van der Waals surface area contributed by atoms with Gasteiger partial charge in [-0.25, -0.2) is 0 Å². The quantitative estimate of drug-likeness (QED) is 0.528. The van der Waals surface area contributed by atoms with Gasteiger partial charge in [-0.2, -0.15) is 0 Å². The maximum Gasteiger partial charge on any atom is 0.117 e. The molecule has 2 saturated carbocycles. The highest BCUT2D eigenvalue weighted by Gasteiger charge is 2.39. The molecule has 2 fully saturated rings. The van der Waals surface area contributed by atoms with Crippen LogP contribution in [0.15, 0.2) is 0 Å². The summed E-state index contributed by atoms with van der Waals surface area (Å²) >= 11 is 0. The van der Waals surface area contributed by atoms with Gasteiger partial charge in [-0.3, -0.25) is 5.32 Å². The minimum absolute atomic E-state index is 0.209. The van der Waals surface area contributed by atoms with Crippen molar-refractivity contribution < 1.29 is 10.2 Å². The van der Waals surface area contributed by atoms with Crippen LogP contribution in [0.3, 0.4) is 0 Å². The van der Waals surface area contributed by atoms with Crippen LogP contribution in [0.5, 0.6) is 0 Å². The Morgan fingerprint density at radius 1 is 1.00 bits per heavy atom. The van der Waals surface area contributed by atoms with Crippen molar-refractivity contribution in [1.82, 2.24) is 5.32 Å². The van der Waals surface area contributed by atoms with Gasteiger partial charge < -0.3 is 15.9 Å². The van der Waals surface area contributed by atoms with Gasteiger partial charge in [0.1, 0.15) is 5.72 Å². The summed E-state index contributed by atoms with van der Waals surface area (Å²) in [5.41, 5.74) is 5.01. The van der Waals surface area contributed by atoms with E-state index >= 15 is 0 Å². The normalized spacial score (nSPS) is 39.6. The highest BCUT2D eigenvalue weighted by atomic mass is 16.3. The van der Waals surface area contributed by atoms with Gasteiger partial charge in [0.15, 0.2) is 0 Å². The lowest BCUT2D eigenvalue weighted by Gasteiger charge is -2.44. The van der Waals surface area contributed by atoms with E-state index in [-0.39, 0.29) is 6.10 Å². The lowest BCUT2D eigenvalue weighted by Crippen LogP contribution is -2.65. The number of nitrogens with one attached hydrogen (secondary N) is 1. The van der Waals surface area contributed by atoms with Crippen molar-refractivity contribution >= 4 is 0 Å². The van der Waals surface area contributed by atoms with Gasteiger partial charge in [-0.05, 0) is 51.4 Å². The average molecular weight is 228 g/mol. The van der Waals surface area contributed by atoms with Gasteiger partial charge in [0, 0.05) is 0 Å². The van der Waals surface area contributed by atoms with Gasteiger partial charge in [-0.1, -0.05) is 6.42 Å². The third-order valence-corrected chi connectivity index (χ3v) is 4.01. The second kappa shape index (κ2) is 4.61. The molecule has 0 bridgehead atoms.